The highest BCUT2D eigenvalue weighted by Crippen LogP contribution is 2.37. The third kappa shape index (κ3) is 4.22. The van der Waals surface area contributed by atoms with Crippen LogP contribution >= 0.6 is 0 Å². The molecule has 0 aliphatic carbocycles. The molecule has 5 nitrogen and oxygen atoms in total. The average Bonchev–Trinajstić information content (AvgIpc) is 2.82. The number of hydrogen-bond acceptors (Lipinski definition) is 4. The second-order valence-corrected chi connectivity index (χ2v) is 7.40. The van der Waals surface area contributed by atoms with Crippen molar-refractivity contribution in [2.45, 2.75) is 13.1 Å². The molecule has 2 amide bonds. The second kappa shape index (κ2) is 8.97. The molecular formula is C26H18F3NO4. The molecule has 0 unspecified atom stereocenters. The zero-order chi connectivity index (χ0) is 24.5. The van der Waals surface area contributed by atoms with Crippen LogP contribution in [-0.2, 0) is 15.7 Å². The number of anilines is 1. The Hall–Kier alpha value is -4.20. The van der Waals surface area contributed by atoms with Gasteiger partial charge in [-0.05, 0) is 60.5 Å². The largest absolute Gasteiger partial charge is 0.462 e. The molecule has 34 heavy (non-hydrogen) atoms. The fraction of sp³-hybridized carbons (Fsp3) is 0.115. The number of esters is 1. The van der Waals surface area contributed by atoms with E-state index in [9.17, 15) is 27.6 Å². The summed E-state index contributed by atoms with van der Waals surface area (Å²) in [6.45, 7) is 1.85. The van der Waals surface area contributed by atoms with Gasteiger partial charge in [-0.1, -0.05) is 36.4 Å². The number of amides is 2. The van der Waals surface area contributed by atoms with Crippen LogP contribution in [0.4, 0.5) is 18.9 Å². The first-order valence-corrected chi connectivity index (χ1v) is 10.4. The molecular weight excluding hydrogens is 447 g/mol. The number of fused-ring (bicyclic) bond motifs is 1. The number of carbonyl (C=O) groups excluding carboxylic acids is 3. The molecule has 1 aliphatic rings. The highest BCUT2D eigenvalue weighted by Gasteiger charge is 2.37. The lowest BCUT2D eigenvalue weighted by Crippen LogP contribution is -2.41. The summed E-state index contributed by atoms with van der Waals surface area (Å²) in [6, 6.07) is 16.8. The van der Waals surface area contributed by atoms with Crippen LogP contribution in [-0.4, -0.2) is 24.4 Å². The minimum Gasteiger partial charge on any atom is -0.462 e. The van der Waals surface area contributed by atoms with Gasteiger partial charge >= 0.3 is 12.1 Å². The van der Waals surface area contributed by atoms with Gasteiger partial charge in [-0.3, -0.25) is 9.59 Å². The van der Waals surface area contributed by atoms with Crippen LogP contribution < -0.4 is 4.90 Å². The number of alkyl halides is 3. The van der Waals surface area contributed by atoms with Crippen molar-refractivity contribution in [1.82, 2.24) is 0 Å². The minimum absolute atomic E-state index is 0.0543. The van der Waals surface area contributed by atoms with Gasteiger partial charge in [0, 0.05) is 11.1 Å². The van der Waals surface area contributed by atoms with Gasteiger partial charge in [-0.25, -0.2) is 9.69 Å². The highest BCUT2D eigenvalue weighted by atomic mass is 19.4. The summed E-state index contributed by atoms with van der Waals surface area (Å²) in [7, 11) is 0. The van der Waals surface area contributed by atoms with Gasteiger partial charge in [0.15, 0.2) is 0 Å². The fourth-order valence-corrected chi connectivity index (χ4v) is 3.72. The Morgan fingerprint density at radius 3 is 2.15 bits per heavy atom. The molecule has 1 heterocycles. The number of halogens is 3. The monoisotopic (exact) mass is 465 g/mol. The normalized spacial score (nSPS) is 14.8. The smallest absolute Gasteiger partial charge is 0.416 e. The van der Waals surface area contributed by atoms with E-state index in [1.807, 2.05) is 0 Å². The first-order chi connectivity index (χ1) is 16.2. The summed E-state index contributed by atoms with van der Waals surface area (Å²) < 4.78 is 45.6. The van der Waals surface area contributed by atoms with Gasteiger partial charge in [0.1, 0.15) is 0 Å². The number of nitrogens with zero attached hydrogens (tertiary/aromatic N) is 1. The topological polar surface area (TPSA) is 63.7 Å². The van der Waals surface area contributed by atoms with Gasteiger partial charge in [0.05, 0.1) is 23.4 Å². The Morgan fingerprint density at radius 2 is 1.50 bits per heavy atom. The molecule has 3 aromatic rings. The average molecular weight is 465 g/mol. The van der Waals surface area contributed by atoms with Crippen LogP contribution in [0, 0.1) is 0 Å². The summed E-state index contributed by atoms with van der Waals surface area (Å²) in [5, 5.41) is 0. The molecule has 0 saturated heterocycles. The highest BCUT2D eigenvalue weighted by molar-refractivity contribution is 6.43. The summed E-state index contributed by atoms with van der Waals surface area (Å²) in [5.74, 6) is -1.95. The number of ether oxygens (including phenoxy) is 1. The van der Waals surface area contributed by atoms with E-state index in [0.717, 1.165) is 17.0 Å². The second-order valence-electron chi connectivity index (χ2n) is 7.40. The Bertz CT molecular complexity index is 1310. The quantitative estimate of drug-likeness (QED) is 0.286. The molecule has 3 aromatic carbocycles. The molecule has 8 heteroatoms. The third-order valence-corrected chi connectivity index (χ3v) is 5.29. The predicted molar refractivity (Wildman–Crippen MR) is 120 cm³/mol. The van der Waals surface area contributed by atoms with Crippen molar-refractivity contribution in [2.24, 2.45) is 0 Å². The van der Waals surface area contributed by atoms with E-state index in [-0.39, 0.29) is 40.1 Å². The van der Waals surface area contributed by atoms with E-state index in [2.05, 4.69) is 0 Å². The van der Waals surface area contributed by atoms with E-state index in [1.54, 1.807) is 19.1 Å². The van der Waals surface area contributed by atoms with E-state index in [4.69, 9.17) is 4.74 Å². The van der Waals surface area contributed by atoms with Crippen LogP contribution in [0.1, 0.15) is 44.3 Å². The Kier molecular flexibility index (Phi) is 6.06. The van der Waals surface area contributed by atoms with E-state index in [1.165, 1.54) is 54.6 Å². The minimum atomic E-state index is -4.62. The standard InChI is InChI=1S/C26H18F3NO4/c1-2-34-25(33)16-11-13-18(14-12-16)30-23(31)20-9-5-4-8-19(20)21(24(30)32)15-17-7-3-6-10-22(17)26(27,28)29/h3-15H,2H2,1H3/b21-15-. The van der Waals surface area contributed by atoms with Crippen molar-refractivity contribution in [1.29, 1.82) is 0 Å². The molecule has 0 N–H and O–H groups in total. The van der Waals surface area contributed by atoms with E-state index in [0.29, 0.717) is 0 Å². The lowest BCUT2D eigenvalue weighted by molar-refractivity contribution is -0.137. The summed E-state index contributed by atoms with van der Waals surface area (Å²) in [4.78, 5) is 39.4. The summed E-state index contributed by atoms with van der Waals surface area (Å²) >= 11 is 0. The summed E-state index contributed by atoms with van der Waals surface area (Å²) in [6.07, 6.45) is -3.47. The fourth-order valence-electron chi connectivity index (χ4n) is 3.72. The van der Waals surface area contributed by atoms with Crippen LogP contribution in [0.25, 0.3) is 11.6 Å². The van der Waals surface area contributed by atoms with E-state index >= 15 is 0 Å². The lowest BCUT2D eigenvalue weighted by atomic mass is 9.91. The van der Waals surface area contributed by atoms with Crippen LogP contribution in [0.15, 0.2) is 72.8 Å². The molecule has 0 atom stereocenters. The van der Waals surface area contributed by atoms with Crippen molar-refractivity contribution in [3.63, 3.8) is 0 Å². The van der Waals surface area contributed by atoms with Gasteiger partial charge < -0.3 is 4.74 Å². The number of hydrogen-bond donors (Lipinski definition) is 0. The molecule has 0 spiro atoms. The van der Waals surface area contributed by atoms with Crippen LogP contribution in [0.5, 0.6) is 0 Å². The Labute approximate surface area is 193 Å². The molecule has 1 aliphatic heterocycles. The Morgan fingerprint density at radius 1 is 0.882 bits per heavy atom. The number of rotatable bonds is 4. The molecule has 0 bridgehead atoms. The molecule has 0 fully saturated rings. The van der Waals surface area contributed by atoms with E-state index < -0.39 is 29.5 Å². The van der Waals surface area contributed by atoms with Gasteiger partial charge in [0.25, 0.3) is 11.8 Å². The van der Waals surface area contributed by atoms with Crippen LogP contribution in [0.3, 0.4) is 0 Å². The van der Waals surface area contributed by atoms with Crippen molar-refractivity contribution >= 4 is 35.1 Å². The van der Waals surface area contributed by atoms with Crippen molar-refractivity contribution in [2.75, 3.05) is 11.5 Å². The van der Waals surface area contributed by atoms with Crippen molar-refractivity contribution in [3.8, 4) is 0 Å². The van der Waals surface area contributed by atoms with Crippen molar-refractivity contribution < 1.29 is 32.3 Å². The van der Waals surface area contributed by atoms with Gasteiger partial charge in [-0.2, -0.15) is 13.2 Å². The van der Waals surface area contributed by atoms with Gasteiger partial charge in [0.2, 0.25) is 0 Å². The lowest BCUT2D eigenvalue weighted by Gasteiger charge is -2.29. The predicted octanol–water partition coefficient (Wildman–Crippen LogP) is 5.61. The molecule has 0 radical (unpaired) electrons. The maximum atomic E-state index is 13.5. The summed E-state index contributed by atoms with van der Waals surface area (Å²) in [5.41, 5.74) is -0.317. The maximum Gasteiger partial charge on any atom is 0.416 e. The SMILES string of the molecule is CCOC(=O)c1ccc(N2C(=O)/C(=C\c3ccccc3C(F)(F)F)c3ccccc3C2=O)cc1. The van der Waals surface area contributed by atoms with Gasteiger partial charge in [-0.15, -0.1) is 0 Å². The molecule has 0 saturated carbocycles. The first kappa shape index (κ1) is 23.0. The number of benzene rings is 3. The zero-order valence-corrected chi connectivity index (χ0v) is 17.9. The van der Waals surface area contributed by atoms with Crippen LogP contribution in [0.2, 0.25) is 0 Å². The molecule has 4 rings (SSSR count). The Balaban J connectivity index is 1.83. The number of imide groups is 1. The number of carbonyl (C=O) groups is 3. The first-order valence-electron chi connectivity index (χ1n) is 10.4. The maximum absolute atomic E-state index is 13.5. The zero-order valence-electron chi connectivity index (χ0n) is 17.9. The van der Waals surface area contributed by atoms with Crippen molar-refractivity contribution in [3.05, 3.63) is 101 Å². The molecule has 172 valence electrons. The third-order valence-electron chi connectivity index (χ3n) is 5.29. The molecule has 0 aromatic heterocycles.